The fourth-order valence-corrected chi connectivity index (χ4v) is 4.38. The second-order valence-corrected chi connectivity index (χ2v) is 8.45. The molecule has 0 heterocycles. The first-order valence-electron chi connectivity index (χ1n) is 9.18. The molecule has 0 aromatic heterocycles. The Morgan fingerprint density at radius 2 is 1.78 bits per heavy atom. The summed E-state index contributed by atoms with van der Waals surface area (Å²) in [7, 11) is -4.59. The fourth-order valence-electron chi connectivity index (χ4n) is 3.52. The third-order valence-corrected chi connectivity index (χ3v) is 5.77. The Morgan fingerprint density at radius 3 is 2.30 bits per heavy atom. The summed E-state index contributed by atoms with van der Waals surface area (Å²) in [5.41, 5.74) is 6.05. The molecule has 0 radical (unpaired) electrons. The van der Waals surface area contributed by atoms with E-state index < -0.39 is 21.1 Å². The van der Waals surface area contributed by atoms with Crippen LogP contribution in [0.4, 0.5) is 5.69 Å². The number of fused-ring (bicyclic) bond motifs is 1. The molecule has 148 valence electrons. The second-order valence-electron chi connectivity index (χ2n) is 7.09. The van der Waals surface area contributed by atoms with E-state index in [2.05, 4.69) is 0 Å². The Labute approximate surface area is 161 Å². The van der Waals surface area contributed by atoms with Gasteiger partial charge >= 0.3 is 0 Å². The van der Waals surface area contributed by atoms with E-state index in [1.807, 2.05) is 32.6 Å². The molecule has 0 spiro atoms. The predicted molar refractivity (Wildman–Crippen MR) is 109 cm³/mol. The number of nitrogens with two attached hydrogens (primary N) is 1. The zero-order chi connectivity index (χ0) is 20.4. The number of rotatable bonds is 8. The van der Waals surface area contributed by atoms with Crippen molar-refractivity contribution in [1.82, 2.24) is 4.90 Å². The maximum atomic E-state index is 13.4. The van der Waals surface area contributed by atoms with Gasteiger partial charge in [0.1, 0.15) is 4.90 Å². The average Bonchev–Trinajstić information content (AvgIpc) is 2.59. The number of ketones is 1. The highest BCUT2D eigenvalue weighted by Gasteiger charge is 2.30. The van der Waals surface area contributed by atoms with Crippen molar-refractivity contribution < 1.29 is 17.8 Å². The molecule has 0 aliphatic carbocycles. The molecule has 2 aromatic carbocycles. The third-order valence-electron chi connectivity index (χ3n) is 4.81. The van der Waals surface area contributed by atoms with Crippen molar-refractivity contribution in [3.63, 3.8) is 0 Å². The quantitative estimate of drug-likeness (QED) is 0.404. The Hall–Kier alpha value is -1.96. The second kappa shape index (κ2) is 8.37. The molecule has 27 heavy (non-hydrogen) atoms. The lowest BCUT2D eigenvalue weighted by molar-refractivity contribution is 0.0802. The van der Waals surface area contributed by atoms with Gasteiger partial charge in [0.2, 0.25) is 0 Å². The lowest BCUT2D eigenvalue weighted by Crippen LogP contribution is -2.42. The lowest BCUT2D eigenvalue weighted by atomic mass is 9.92. The number of likely N-dealkylation sites (N-methyl/N-ethyl adjacent to an activating group) is 1. The lowest BCUT2D eigenvalue weighted by Gasteiger charge is -2.30. The Balaban J connectivity index is 2.72. The first kappa shape index (κ1) is 21.3. The summed E-state index contributed by atoms with van der Waals surface area (Å²) >= 11 is 0. The van der Waals surface area contributed by atoms with E-state index >= 15 is 0 Å². The van der Waals surface area contributed by atoms with Crippen LogP contribution in [-0.4, -0.2) is 42.8 Å². The zero-order valence-electron chi connectivity index (χ0n) is 16.3. The highest BCUT2D eigenvalue weighted by atomic mass is 32.2. The zero-order valence-corrected chi connectivity index (χ0v) is 17.1. The molecular formula is C20H28N2O4S. The number of benzene rings is 2. The summed E-state index contributed by atoms with van der Waals surface area (Å²) < 4.78 is 33.7. The fraction of sp³-hybridized carbons (Fsp3) is 0.450. The Bertz CT molecular complexity index is 934. The van der Waals surface area contributed by atoms with Gasteiger partial charge in [-0.3, -0.25) is 14.2 Å². The van der Waals surface area contributed by atoms with Crippen LogP contribution in [0.2, 0.25) is 0 Å². The van der Waals surface area contributed by atoms with Gasteiger partial charge in [0.25, 0.3) is 10.1 Å². The minimum absolute atomic E-state index is 0.138. The van der Waals surface area contributed by atoms with Crippen molar-refractivity contribution in [3.05, 3.63) is 35.9 Å². The average molecular weight is 393 g/mol. The smallest absolute Gasteiger partial charge is 0.297 e. The minimum atomic E-state index is -4.59. The summed E-state index contributed by atoms with van der Waals surface area (Å²) in [4.78, 5) is 15.0. The van der Waals surface area contributed by atoms with Gasteiger partial charge in [-0.15, -0.1) is 0 Å². The largest absolute Gasteiger partial charge is 0.397 e. The number of carbonyl (C=O) groups excluding carboxylic acids is 1. The predicted octanol–water partition coefficient (Wildman–Crippen LogP) is 3.61. The number of carbonyl (C=O) groups is 1. The van der Waals surface area contributed by atoms with Crippen molar-refractivity contribution in [2.75, 3.05) is 18.8 Å². The molecule has 0 saturated carbocycles. The van der Waals surface area contributed by atoms with E-state index in [9.17, 15) is 17.8 Å². The number of nitrogen functional groups attached to an aromatic ring is 1. The Morgan fingerprint density at radius 1 is 1.19 bits per heavy atom. The molecule has 3 N–H and O–H groups in total. The van der Waals surface area contributed by atoms with E-state index in [1.165, 1.54) is 0 Å². The summed E-state index contributed by atoms with van der Waals surface area (Å²) in [6, 6.07) is 7.90. The summed E-state index contributed by atoms with van der Waals surface area (Å²) in [5, 5.41) is 0.850. The van der Waals surface area contributed by atoms with Gasteiger partial charge in [-0.2, -0.15) is 8.42 Å². The normalized spacial score (nSPS) is 13.4. The van der Waals surface area contributed by atoms with Crippen LogP contribution in [0, 0.1) is 5.92 Å². The first-order valence-corrected chi connectivity index (χ1v) is 10.6. The van der Waals surface area contributed by atoms with Crippen LogP contribution in [0.5, 0.6) is 0 Å². The SMILES string of the molecule is CCN(CC)[C@@H](CC(C)C)C(=O)c1cc2ccccc2c(S(=O)(=O)O)c1N. The van der Waals surface area contributed by atoms with Crippen LogP contribution in [0.3, 0.4) is 0 Å². The number of nitrogens with zero attached hydrogens (tertiary/aromatic N) is 1. The van der Waals surface area contributed by atoms with E-state index in [0.29, 0.717) is 30.3 Å². The van der Waals surface area contributed by atoms with Gasteiger partial charge in [-0.25, -0.2) is 0 Å². The molecule has 0 amide bonds. The van der Waals surface area contributed by atoms with Gasteiger partial charge in [0, 0.05) is 10.9 Å². The molecule has 1 atom stereocenters. The third kappa shape index (κ3) is 4.48. The van der Waals surface area contributed by atoms with E-state index in [1.54, 1.807) is 30.3 Å². The maximum absolute atomic E-state index is 13.4. The summed E-state index contributed by atoms with van der Waals surface area (Å²) in [6.07, 6.45) is 0.633. The van der Waals surface area contributed by atoms with E-state index in [4.69, 9.17) is 5.73 Å². The summed E-state index contributed by atoms with van der Waals surface area (Å²) in [6.45, 7) is 9.43. The van der Waals surface area contributed by atoms with Gasteiger partial charge in [0.05, 0.1) is 11.7 Å². The van der Waals surface area contributed by atoms with Crippen molar-refractivity contribution in [1.29, 1.82) is 0 Å². The highest BCUT2D eigenvalue weighted by molar-refractivity contribution is 7.86. The van der Waals surface area contributed by atoms with Crippen molar-refractivity contribution in [2.45, 2.75) is 45.1 Å². The molecule has 6 nitrogen and oxygen atoms in total. The molecule has 7 heteroatoms. The monoisotopic (exact) mass is 392 g/mol. The van der Waals surface area contributed by atoms with Crippen molar-refractivity contribution in [3.8, 4) is 0 Å². The highest BCUT2D eigenvalue weighted by Crippen LogP contribution is 2.33. The molecule has 0 unspecified atom stereocenters. The van der Waals surface area contributed by atoms with E-state index in [0.717, 1.165) is 0 Å². The van der Waals surface area contributed by atoms with Crippen LogP contribution >= 0.6 is 0 Å². The number of Topliss-reactive ketones (excluding diaryl/α,β-unsaturated/α-hetero) is 1. The van der Waals surface area contributed by atoms with Crippen LogP contribution in [0.25, 0.3) is 10.8 Å². The maximum Gasteiger partial charge on any atom is 0.297 e. The molecule has 0 saturated heterocycles. The van der Waals surface area contributed by atoms with Crippen LogP contribution in [0.15, 0.2) is 35.2 Å². The number of hydrogen-bond donors (Lipinski definition) is 2. The first-order chi connectivity index (χ1) is 12.6. The van der Waals surface area contributed by atoms with Gasteiger partial charge in [-0.1, -0.05) is 52.0 Å². The topological polar surface area (TPSA) is 101 Å². The summed E-state index contributed by atoms with van der Waals surface area (Å²) in [5.74, 6) is 0.0582. The molecule has 2 rings (SSSR count). The van der Waals surface area contributed by atoms with Crippen LogP contribution < -0.4 is 5.73 Å². The van der Waals surface area contributed by atoms with Crippen LogP contribution in [0.1, 0.15) is 44.5 Å². The van der Waals surface area contributed by atoms with Crippen LogP contribution in [-0.2, 0) is 10.1 Å². The van der Waals surface area contributed by atoms with Gasteiger partial charge in [0.15, 0.2) is 5.78 Å². The van der Waals surface area contributed by atoms with Crippen molar-refractivity contribution >= 4 is 32.4 Å². The Kier molecular flexibility index (Phi) is 6.62. The molecule has 0 aliphatic heterocycles. The number of anilines is 1. The molecule has 0 fully saturated rings. The molecule has 0 aliphatic rings. The molecule has 2 aromatic rings. The van der Waals surface area contributed by atoms with Crippen molar-refractivity contribution in [2.24, 2.45) is 5.92 Å². The van der Waals surface area contributed by atoms with Gasteiger partial charge < -0.3 is 5.73 Å². The number of hydrogen-bond acceptors (Lipinski definition) is 5. The molecular weight excluding hydrogens is 364 g/mol. The minimum Gasteiger partial charge on any atom is -0.397 e. The standard InChI is InChI=1S/C20H28N2O4S/c1-5-22(6-2)17(11-13(3)4)19(23)16-12-14-9-7-8-10-15(14)20(18(16)21)27(24,25)26/h7-10,12-13,17H,5-6,11,21H2,1-4H3,(H,24,25,26)/t17-/m0/s1. The molecule has 0 bridgehead atoms. The van der Waals surface area contributed by atoms with Gasteiger partial charge in [-0.05, 0) is 36.9 Å². The van der Waals surface area contributed by atoms with E-state index in [-0.39, 0.29) is 23.0 Å².